The van der Waals surface area contributed by atoms with Gasteiger partial charge in [-0.2, -0.15) is 0 Å². The minimum atomic E-state index is -0.619. The Hall–Kier alpha value is -2.19. The molecular formula is C14H18N4O3S. The molecular weight excluding hydrogens is 304 g/mol. The molecule has 1 saturated heterocycles. The molecule has 0 atom stereocenters. The van der Waals surface area contributed by atoms with Gasteiger partial charge in [0.05, 0.1) is 38.0 Å². The minimum Gasteiger partial charge on any atom is -0.453 e. The number of methoxy groups -OCH3 is 1. The molecule has 1 aromatic rings. The van der Waals surface area contributed by atoms with Gasteiger partial charge in [-0.1, -0.05) is 12.1 Å². The molecule has 0 spiro atoms. The maximum atomic E-state index is 11.1. The number of nitrogens with one attached hydrogen (secondary N) is 2. The highest BCUT2D eigenvalue weighted by Crippen LogP contribution is 2.23. The van der Waals surface area contributed by atoms with Crippen LogP contribution in [-0.2, 0) is 9.47 Å². The summed E-state index contributed by atoms with van der Waals surface area (Å²) in [4.78, 5) is 17.7. The van der Waals surface area contributed by atoms with Gasteiger partial charge >= 0.3 is 6.09 Å². The molecule has 2 rings (SSSR count). The van der Waals surface area contributed by atoms with E-state index < -0.39 is 6.09 Å². The number of rotatable bonds is 3. The Labute approximate surface area is 134 Å². The molecule has 0 aliphatic carbocycles. The molecule has 8 heteroatoms. The van der Waals surface area contributed by atoms with Crippen LogP contribution in [0.4, 0.5) is 16.2 Å². The van der Waals surface area contributed by atoms with Crippen molar-refractivity contribution in [3.63, 3.8) is 0 Å². The predicted octanol–water partition coefficient (Wildman–Crippen LogP) is 1.73. The van der Waals surface area contributed by atoms with Gasteiger partial charge in [0.25, 0.3) is 0 Å². The predicted molar refractivity (Wildman–Crippen MR) is 88.7 cm³/mol. The summed E-state index contributed by atoms with van der Waals surface area (Å²) in [6.07, 6.45) is 1.17. The van der Waals surface area contributed by atoms with Crippen LogP contribution in [0.1, 0.15) is 0 Å². The van der Waals surface area contributed by atoms with Crippen molar-refractivity contribution < 1.29 is 14.3 Å². The molecule has 1 heterocycles. The van der Waals surface area contributed by atoms with Crippen LogP contribution in [0.25, 0.3) is 0 Å². The first-order chi connectivity index (χ1) is 10.7. The lowest BCUT2D eigenvalue weighted by atomic mass is 10.3. The first kappa shape index (κ1) is 16.2. The Morgan fingerprint density at radius 3 is 2.86 bits per heavy atom. The van der Waals surface area contributed by atoms with E-state index in [2.05, 4.69) is 25.3 Å². The van der Waals surface area contributed by atoms with E-state index in [1.165, 1.54) is 7.11 Å². The lowest BCUT2D eigenvalue weighted by molar-refractivity contribution is 0.0701. The Morgan fingerprint density at radius 2 is 2.14 bits per heavy atom. The highest BCUT2D eigenvalue weighted by atomic mass is 32.1. The number of alkyl carbamates (subject to hydrolysis) is 1. The highest BCUT2D eigenvalue weighted by molar-refractivity contribution is 7.80. The summed E-state index contributed by atoms with van der Waals surface area (Å²) in [5.41, 5.74) is 1.43. The second-order valence-electron chi connectivity index (χ2n) is 4.48. The fourth-order valence-corrected chi connectivity index (χ4v) is 2.02. The molecule has 1 aliphatic rings. The average molecular weight is 322 g/mol. The zero-order valence-electron chi connectivity index (χ0n) is 12.2. The fraction of sp³-hybridized carbons (Fsp3) is 0.357. The van der Waals surface area contributed by atoms with Gasteiger partial charge in [0, 0.05) is 13.1 Å². The Kier molecular flexibility index (Phi) is 6.11. The summed E-state index contributed by atoms with van der Waals surface area (Å²) < 4.78 is 9.78. The van der Waals surface area contributed by atoms with Crippen LogP contribution in [0.3, 0.4) is 0 Å². The van der Waals surface area contributed by atoms with Crippen molar-refractivity contribution in [1.29, 1.82) is 0 Å². The second-order valence-corrected chi connectivity index (χ2v) is 4.89. The fourth-order valence-electron chi connectivity index (χ4n) is 1.83. The maximum Gasteiger partial charge on any atom is 0.413 e. The molecule has 1 amide bonds. The Balaban J connectivity index is 2.01. The number of benzene rings is 1. The Morgan fingerprint density at radius 1 is 1.41 bits per heavy atom. The van der Waals surface area contributed by atoms with Crippen LogP contribution < -0.4 is 10.6 Å². The normalized spacial score (nSPS) is 14.7. The van der Waals surface area contributed by atoms with E-state index in [4.69, 9.17) is 17.0 Å². The number of carbonyl (C=O) groups is 1. The third-order valence-electron chi connectivity index (χ3n) is 2.96. The van der Waals surface area contributed by atoms with Crippen molar-refractivity contribution in [2.24, 2.45) is 4.99 Å². The smallest absolute Gasteiger partial charge is 0.413 e. The average Bonchev–Trinajstić information content (AvgIpc) is 2.54. The van der Waals surface area contributed by atoms with E-state index in [0.717, 1.165) is 18.8 Å². The summed E-state index contributed by atoms with van der Waals surface area (Å²) >= 11 is 5.05. The number of amides is 1. The van der Waals surface area contributed by atoms with Gasteiger partial charge < -0.3 is 19.7 Å². The standard InChI is InChI=1S/C14H18N4O3S/c1-20-14(19)17-13(22)16-12-5-3-2-4-11(12)15-10-18-6-8-21-9-7-18/h2-5,10H,6-9H2,1H3,(H2,16,17,19,22)/b15-10+. The first-order valence-electron chi connectivity index (χ1n) is 6.80. The molecule has 0 bridgehead atoms. The molecule has 0 saturated carbocycles. The number of ether oxygens (including phenoxy) is 2. The van der Waals surface area contributed by atoms with E-state index in [1.54, 1.807) is 6.34 Å². The lowest BCUT2D eigenvalue weighted by Crippen LogP contribution is -2.35. The molecule has 22 heavy (non-hydrogen) atoms. The topological polar surface area (TPSA) is 75.2 Å². The molecule has 7 nitrogen and oxygen atoms in total. The molecule has 0 unspecified atom stereocenters. The second kappa shape index (κ2) is 8.30. The maximum absolute atomic E-state index is 11.1. The molecule has 0 aromatic heterocycles. The number of thiocarbonyl (C=S) groups is 1. The lowest BCUT2D eigenvalue weighted by Gasteiger charge is -2.24. The molecule has 1 aromatic carbocycles. The number of nitrogens with zero attached hydrogens (tertiary/aromatic N) is 2. The molecule has 1 fully saturated rings. The van der Waals surface area contributed by atoms with Gasteiger partial charge in [0.15, 0.2) is 5.11 Å². The number of aliphatic imine (C=N–C) groups is 1. The molecule has 118 valence electrons. The van der Waals surface area contributed by atoms with E-state index >= 15 is 0 Å². The number of anilines is 1. The molecule has 2 N–H and O–H groups in total. The monoisotopic (exact) mass is 322 g/mol. The third kappa shape index (κ3) is 4.97. The quantitative estimate of drug-likeness (QED) is 0.501. The Bertz CT molecular complexity index is 559. The van der Waals surface area contributed by atoms with Crippen LogP contribution in [0.5, 0.6) is 0 Å². The van der Waals surface area contributed by atoms with Crippen LogP contribution in [0.15, 0.2) is 29.3 Å². The van der Waals surface area contributed by atoms with Crippen molar-refractivity contribution in [2.75, 3.05) is 38.7 Å². The number of morpholine rings is 1. The summed E-state index contributed by atoms with van der Waals surface area (Å²) in [5, 5.41) is 5.47. The van der Waals surface area contributed by atoms with E-state index in [-0.39, 0.29) is 5.11 Å². The van der Waals surface area contributed by atoms with Crippen molar-refractivity contribution >= 4 is 41.1 Å². The van der Waals surface area contributed by atoms with E-state index in [0.29, 0.717) is 18.9 Å². The van der Waals surface area contributed by atoms with Crippen molar-refractivity contribution in [3.05, 3.63) is 24.3 Å². The number of hydrogen-bond donors (Lipinski definition) is 2. The molecule has 1 aliphatic heterocycles. The first-order valence-corrected chi connectivity index (χ1v) is 7.21. The van der Waals surface area contributed by atoms with Gasteiger partial charge in [0.1, 0.15) is 0 Å². The highest BCUT2D eigenvalue weighted by Gasteiger charge is 2.08. The zero-order chi connectivity index (χ0) is 15.8. The zero-order valence-corrected chi connectivity index (χ0v) is 13.1. The largest absolute Gasteiger partial charge is 0.453 e. The number of carbonyl (C=O) groups excluding carboxylic acids is 1. The molecule has 0 radical (unpaired) electrons. The SMILES string of the molecule is COC(=O)NC(=S)Nc1ccccc1/N=C/N1CCOCC1. The third-order valence-corrected chi connectivity index (χ3v) is 3.16. The summed E-state index contributed by atoms with van der Waals surface area (Å²) in [6.45, 7) is 3.06. The minimum absolute atomic E-state index is 0.154. The van der Waals surface area contributed by atoms with Crippen molar-refractivity contribution in [2.45, 2.75) is 0 Å². The van der Waals surface area contributed by atoms with Crippen molar-refractivity contribution in [1.82, 2.24) is 10.2 Å². The van der Waals surface area contributed by atoms with Gasteiger partial charge in [-0.15, -0.1) is 0 Å². The van der Waals surface area contributed by atoms with Crippen LogP contribution >= 0.6 is 12.2 Å². The summed E-state index contributed by atoms with van der Waals surface area (Å²) in [7, 11) is 1.28. The van der Waals surface area contributed by atoms with Crippen LogP contribution in [-0.4, -0.2) is 55.9 Å². The van der Waals surface area contributed by atoms with Gasteiger partial charge in [-0.05, 0) is 24.4 Å². The van der Waals surface area contributed by atoms with Gasteiger partial charge in [-0.25, -0.2) is 9.79 Å². The number of para-hydroxylation sites is 2. The van der Waals surface area contributed by atoms with Gasteiger partial charge in [0.2, 0.25) is 0 Å². The van der Waals surface area contributed by atoms with Crippen molar-refractivity contribution in [3.8, 4) is 0 Å². The van der Waals surface area contributed by atoms with Gasteiger partial charge in [-0.3, -0.25) is 5.32 Å². The summed E-state index contributed by atoms with van der Waals surface area (Å²) in [6, 6.07) is 7.43. The number of hydrogen-bond acceptors (Lipinski definition) is 5. The van der Waals surface area contributed by atoms with Crippen LogP contribution in [0, 0.1) is 0 Å². The van der Waals surface area contributed by atoms with E-state index in [1.807, 2.05) is 24.3 Å². The van der Waals surface area contributed by atoms with E-state index in [9.17, 15) is 4.79 Å². The summed E-state index contributed by atoms with van der Waals surface area (Å²) in [5.74, 6) is 0. The van der Waals surface area contributed by atoms with Crippen LogP contribution in [0.2, 0.25) is 0 Å².